The number of nitrogens with zero attached hydrogens (tertiary/aromatic N) is 2. The van der Waals surface area contributed by atoms with Crippen molar-refractivity contribution >= 4 is 23.4 Å². The van der Waals surface area contributed by atoms with Crippen molar-refractivity contribution < 1.29 is 9.53 Å². The van der Waals surface area contributed by atoms with E-state index in [1.807, 2.05) is 66.3 Å². The molecule has 134 valence electrons. The fraction of sp³-hybridized carbons (Fsp3) is 0.200. The Labute approximate surface area is 157 Å². The van der Waals surface area contributed by atoms with Crippen LogP contribution in [0.4, 0.5) is 5.69 Å². The minimum Gasteiger partial charge on any atom is -0.497 e. The molecule has 5 nitrogen and oxygen atoms in total. The first kappa shape index (κ1) is 18.1. The van der Waals surface area contributed by atoms with E-state index in [0.29, 0.717) is 12.8 Å². The van der Waals surface area contributed by atoms with Crippen LogP contribution in [0.2, 0.25) is 0 Å². The number of anilines is 1. The number of nitrogens with one attached hydrogen (secondary N) is 1. The molecule has 0 atom stereocenters. The molecule has 26 heavy (non-hydrogen) atoms. The number of carbonyl (C=O) groups excluding carboxylic acids is 1. The van der Waals surface area contributed by atoms with Gasteiger partial charge >= 0.3 is 0 Å². The second-order valence-electron chi connectivity index (χ2n) is 5.84. The van der Waals surface area contributed by atoms with Crippen LogP contribution in [-0.4, -0.2) is 22.6 Å². The fourth-order valence-corrected chi connectivity index (χ4v) is 3.24. The Kier molecular flexibility index (Phi) is 5.96. The maximum absolute atomic E-state index is 12.1. The predicted molar refractivity (Wildman–Crippen MR) is 104 cm³/mol. The second-order valence-corrected chi connectivity index (χ2v) is 6.88. The number of methoxy groups -OCH3 is 1. The van der Waals surface area contributed by atoms with E-state index in [1.165, 1.54) is 0 Å². The van der Waals surface area contributed by atoms with E-state index in [0.717, 1.165) is 27.1 Å². The first-order valence-corrected chi connectivity index (χ1v) is 9.14. The van der Waals surface area contributed by atoms with E-state index in [1.54, 1.807) is 25.1 Å². The van der Waals surface area contributed by atoms with Crippen LogP contribution in [0.1, 0.15) is 12.0 Å². The van der Waals surface area contributed by atoms with Crippen molar-refractivity contribution in [3.8, 4) is 5.75 Å². The van der Waals surface area contributed by atoms with Crippen molar-refractivity contribution in [2.75, 3.05) is 12.4 Å². The van der Waals surface area contributed by atoms with Gasteiger partial charge in [0.15, 0.2) is 5.16 Å². The molecule has 2 aromatic carbocycles. The van der Waals surface area contributed by atoms with Gasteiger partial charge in [-0.1, -0.05) is 23.9 Å². The highest BCUT2D eigenvalue weighted by atomic mass is 32.2. The first-order valence-electron chi connectivity index (χ1n) is 8.32. The maximum Gasteiger partial charge on any atom is 0.224 e. The Morgan fingerprint density at radius 3 is 2.50 bits per heavy atom. The van der Waals surface area contributed by atoms with Crippen molar-refractivity contribution in [2.45, 2.75) is 22.9 Å². The fourth-order valence-electron chi connectivity index (χ4n) is 2.44. The van der Waals surface area contributed by atoms with Crippen LogP contribution in [0.3, 0.4) is 0 Å². The average molecular weight is 367 g/mol. The summed E-state index contributed by atoms with van der Waals surface area (Å²) in [6.07, 6.45) is 4.83. The zero-order valence-electron chi connectivity index (χ0n) is 14.8. The first-order chi connectivity index (χ1) is 12.6. The number of hydrogen-bond acceptors (Lipinski definition) is 4. The van der Waals surface area contributed by atoms with E-state index < -0.39 is 0 Å². The Hall–Kier alpha value is -2.73. The van der Waals surface area contributed by atoms with Gasteiger partial charge in [0.2, 0.25) is 5.91 Å². The summed E-state index contributed by atoms with van der Waals surface area (Å²) >= 11 is 1.59. The van der Waals surface area contributed by atoms with Crippen molar-refractivity contribution in [1.29, 1.82) is 0 Å². The lowest BCUT2D eigenvalue weighted by atomic mass is 10.1. The van der Waals surface area contributed by atoms with Crippen molar-refractivity contribution in [3.05, 3.63) is 66.5 Å². The van der Waals surface area contributed by atoms with Gasteiger partial charge in [0.25, 0.3) is 0 Å². The molecule has 0 aliphatic heterocycles. The minimum absolute atomic E-state index is 0.00493. The molecular weight excluding hydrogens is 346 g/mol. The molecule has 0 saturated heterocycles. The largest absolute Gasteiger partial charge is 0.497 e. The highest BCUT2D eigenvalue weighted by molar-refractivity contribution is 7.99. The van der Waals surface area contributed by atoms with E-state index >= 15 is 0 Å². The summed E-state index contributed by atoms with van der Waals surface area (Å²) in [4.78, 5) is 17.5. The molecule has 1 aromatic heterocycles. The van der Waals surface area contributed by atoms with Crippen molar-refractivity contribution in [2.24, 2.45) is 7.05 Å². The molecule has 0 spiro atoms. The SMILES string of the molecule is COc1ccc(CCC(=O)Nc2ccc(Sc3nccn3C)cc2)cc1. The van der Waals surface area contributed by atoms with E-state index in [-0.39, 0.29) is 5.91 Å². The van der Waals surface area contributed by atoms with E-state index in [4.69, 9.17) is 4.74 Å². The van der Waals surface area contributed by atoms with Gasteiger partial charge in [-0.2, -0.15) is 0 Å². The van der Waals surface area contributed by atoms with Crippen LogP contribution < -0.4 is 10.1 Å². The number of aryl methyl sites for hydroxylation is 2. The van der Waals surface area contributed by atoms with Crippen LogP contribution in [0.15, 0.2) is 71.0 Å². The summed E-state index contributed by atoms with van der Waals surface area (Å²) in [6.45, 7) is 0. The third-order valence-electron chi connectivity index (χ3n) is 3.92. The number of hydrogen-bond donors (Lipinski definition) is 1. The molecule has 0 fully saturated rings. The molecule has 0 bridgehead atoms. The van der Waals surface area contributed by atoms with Crippen molar-refractivity contribution in [1.82, 2.24) is 9.55 Å². The zero-order chi connectivity index (χ0) is 18.4. The Balaban J connectivity index is 1.50. The number of benzene rings is 2. The molecule has 1 heterocycles. The topological polar surface area (TPSA) is 56.1 Å². The number of rotatable bonds is 7. The maximum atomic E-state index is 12.1. The third-order valence-corrected chi connectivity index (χ3v) is 5.01. The van der Waals surface area contributed by atoms with Gasteiger partial charge in [-0.3, -0.25) is 4.79 Å². The number of aromatic nitrogens is 2. The van der Waals surface area contributed by atoms with Crippen molar-refractivity contribution in [3.63, 3.8) is 0 Å². The molecule has 0 unspecified atom stereocenters. The summed E-state index contributed by atoms with van der Waals surface area (Å²) in [5, 5.41) is 3.87. The minimum atomic E-state index is 0.00493. The van der Waals surface area contributed by atoms with Gasteiger partial charge in [-0.25, -0.2) is 4.98 Å². The lowest BCUT2D eigenvalue weighted by Crippen LogP contribution is -2.12. The van der Waals surface area contributed by atoms with E-state index in [2.05, 4.69) is 10.3 Å². The number of amides is 1. The van der Waals surface area contributed by atoms with Crippen LogP contribution in [0, 0.1) is 0 Å². The second kappa shape index (κ2) is 8.58. The van der Waals surface area contributed by atoms with Gasteiger partial charge in [0, 0.05) is 36.4 Å². The number of imidazole rings is 1. The van der Waals surface area contributed by atoms with Gasteiger partial charge in [0.05, 0.1) is 7.11 Å². The van der Waals surface area contributed by atoms with Crippen LogP contribution in [-0.2, 0) is 18.3 Å². The normalized spacial score (nSPS) is 10.5. The zero-order valence-corrected chi connectivity index (χ0v) is 15.6. The quantitative estimate of drug-likeness (QED) is 0.681. The number of carbonyl (C=O) groups is 1. The lowest BCUT2D eigenvalue weighted by Gasteiger charge is -2.07. The summed E-state index contributed by atoms with van der Waals surface area (Å²) in [7, 11) is 3.61. The van der Waals surface area contributed by atoms with Crippen LogP contribution >= 0.6 is 11.8 Å². The molecular formula is C20H21N3O2S. The Morgan fingerprint density at radius 2 is 1.88 bits per heavy atom. The molecule has 6 heteroatoms. The van der Waals surface area contributed by atoms with Crippen LogP contribution in [0.25, 0.3) is 0 Å². The third kappa shape index (κ3) is 4.89. The summed E-state index contributed by atoms with van der Waals surface area (Å²) < 4.78 is 7.11. The monoisotopic (exact) mass is 367 g/mol. The van der Waals surface area contributed by atoms with Gasteiger partial charge < -0.3 is 14.6 Å². The van der Waals surface area contributed by atoms with Crippen LogP contribution in [0.5, 0.6) is 5.75 Å². The molecule has 0 radical (unpaired) electrons. The van der Waals surface area contributed by atoms with Gasteiger partial charge in [-0.15, -0.1) is 0 Å². The Bertz CT molecular complexity index is 858. The van der Waals surface area contributed by atoms with Gasteiger partial charge in [-0.05, 0) is 48.4 Å². The molecule has 3 rings (SSSR count). The Morgan fingerprint density at radius 1 is 1.15 bits per heavy atom. The summed E-state index contributed by atoms with van der Waals surface area (Å²) in [6, 6.07) is 15.6. The molecule has 0 saturated carbocycles. The van der Waals surface area contributed by atoms with Gasteiger partial charge in [0.1, 0.15) is 5.75 Å². The average Bonchev–Trinajstić information content (AvgIpc) is 3.07. The van der Waals surface area contributed by atoms with E-state index in [9.17, 15) is 4.79 Å². The molecule has 1 amide bonds. The molecule has 3 aromatic rings. The highest BCUT2D eigenvalue weighted by Crippen LogP contribution is 2.26. The standard InChI is InChI=1S/C20H21N3O2S/c1-23-14-13-21-20(23)26-18-10-6-16(7-11-18)22-19(24)12-5-15-3-8-17(25-2)9-4-15/h3-4,6-11,13-14H,5,12H2,1-2H3,(H,22,24). The molecule has 1 N–H and O–H groups in total. The number of ether oxygens (including phenoxy) is 1. The summed E-state index contributed by atoms with van der Waals surface area (Å²) in [5.74, 6) is 0.826. The predicted octanol–water partition coefficient (Wildman–Crippen LogP) is 4.15. The smallest absolute Gasteiger partial charge is 0.224 e. The molecule has 0 aliphatic carbocycles. The highest BCUT2D eigenvalue weighted by Gasteiger charge is 2.06. The molecule has 0 aliphatic rings. The summed E-state index contributed by atoms with van der Waals surface area (Å²) in [5.41, 5.74) is 1.91. The lowest BCUT2D eigenvalue weighted by molar-refractivity contribution is -0.116.